The maximum atomic E-state index is 4.47. The van der Waals surface area contributed by atoms with Crippen molar-refractivity contribution >= 4 is 5.82 Å². The number of aromatic nitrogens is 3. The molecule has 2 aromatic heterocycles. The first-order valence-corrected chi connectivity index (χ1v) is 7.16. The van der Waals surface area contributed by atoms with Crippen LogP contribution in [0.1, 0.15) is 44.0 Å². The highest BCUT2D eigenvalue weighted by atomic mass is 15.1. The first kappa shape index (κ1) is 14.6. The van der Waals surface area contributed by atoms with Crippen molar-refractivity contribution in [3.8, 4) is 0 Å². The lowest BCUT2D eigenvalue weighted by Gasteiger charge is -2.18. The molecule has 0 atom stereocenters. The standard InChI is InChI=1S/C16H24N4/c1-12-13(10-19-20-12)6-5-9-17-15-8-7-14(11-18-15)16(2,3)4/h7-8,10-11H,5-6,9H2,1-4H3,(H,17,18)(H,19,20). The molecule has 0 fully saturated rings. The van der Waals surface area contributed by atoms with Crippen LogP contribution in [0.2, 0.25) is 0 Å². The van der Waals surface area contributed by atoms with E-state index in [4.69, 9.17) is 0 Å². The van der Waals surface area contributed by atoms with E-state index in [1.54, 1.807) is 0 Å². The number of anilines is 1. The molecule has 0 bridgehead atoms. The number of hydrogen-bond donors (Lipinski definition) is 2. The van der Waals surface area contributed by atoms with Crippen molar-refractivity contribution in [2.75, 3.05) is 11.9 Å². The second-order valence-corrected chi connectivity index (χ2v) is 6.23. The molecule has 108 valence electrons. The van der Waals surface area contributed by atoms with E-state index in [0.29, 0.717) is 0 Å². The molecule has 0 saturated heterocycles. The molecule has 0 aliphatic carbocycles. The lowest BCUT2D eigenvalue weighted by molar-refractivity contribution is 0.587. The Bertz CT molecular complexity index is 534. The maximum absolute atomic E-state index is 4.47. The maximum Gasteiger partial charge on any atom is 0.125 e. The normalized spacial score (nSPS) is 11.6. The van der Waals surface area contributed by atoms with Gasteiger partial charge in [0.05, 0.1) is 6.20 Å². The van der Waals surface area contributed by atoms with Crippen molar-refractivity contribution in [3.05, 3.63) is 41.3 Å². The zero-order valence-electron chi connectivity index (χ0n) is 12.8. The number of rotatable bonds is 5. The van der Waals surface area contributed by atoms with Crippen molar-refractivity contribution in [2.45, 2.75) is 46.0 Å². The lowest BCUT2D eigenvalue weighted by Crippen LogP contribution is -2.12. The summed E-state index contributed by atoms with van der Waals surface area (Å²) in [7, 11) is 0. The third kappa shape index (κ3) is 3.83. The molecular weight excluding hydrogens is 248 g/mol. The monoisotopic (exact) mass is 272 g/mol. The Labute approximate surface area is 121 Å². The minimum atomic E-state index is 0.157. The number of aromatic amines is 1. The summed E-state index contributed by atoms with van der Waals surface area (Å²) in [5, 5.41) is 10.4. The Morgan fingerprint density at radius 3 is 2.55 bits per heavy atom. The topological polar surface area (TPSA) is 53.6 Å². The second kappa shape index (κ2) is 6.07. The minimum absolute atomic E-state index is 0.157. The van der Waals surface area contributed by atoms with Gasteiger partial charge in [0.2, 0.25) is 0 Å². The summed E-state index contributed by atoms with van der Waals surface area (Å²) in [6.07, 6.45) is 5.98. The van der Waals surface area contributed by atoms with Crippen LogP contribution < -0.4 is 5.32 Å². The number of H-pyrrole nitrogens is 1. The average Bonchev–Trinajstić information content (AvgIpc) is 2.80. The molecule has 0 aliphatic rings. The van der Waals surface area contributed by atoms with E-state index in [2.05, 4.69) is 60.3 Å². The van der Waals surface area contributed by atoms with Crippen LogP contribution in [0.5, 0.6) is 0 Å². The number of nitrogens with one attached hydrogen (secondary N) is 2. The number of aryl methyl sites for hydroxylation is 2. The van der Waals surface area contributed by atoms with Gasteiger partial charge in [-0.05, 0) is 42.4 Å². The third-order valence-electron chi connectivity index (χ3n) is 3.49. The van der Waals surface area contributed by atoms with Gasteiger partial charge in [-0.1, -0.05) is 26.8 Å². The van der Waals surface area contributed by atoms with Crippen molar-refractivity contribution in [1.29, 1.82) is 0 Å². The first-order valence-electron chi connectivity index (χ1n) is 7.16. The van der Waals surface area contributed by atoms with E-state index in [-0.39, 0.29) is 5.41 Å². The minimum Gasteiger partial charge on any atom is -0.370 e. The quantitative estimate of drug-likeness (QED) is 0.820. The average molecular weight is 272 g/mol. The van der Waals surface area contributed by atoms with E-state index in [1.165, 1.54) is 11.1 Å². The van der Waals surface area contributed by atoms with Crippen LogP contribution in [-0.2, 0) is 11.8 Å². The van der Waals surface area contributed by atoms with Crippen molar-refractivity contribution < 1.29 is 0 Å². The van der Waals surface area contributed by atoms with Crippen molar-refractivity contribution in [1.82, 2.24) is 15.2 Å². The summed E-state index contributed by atoms with van der Waals surface area (Å²) in [5.41, 5.74) is 3.88. The SMILES string of the molecule is Cc1[nH]ncc1CCCNc1ccc(C(C)(C)C)cn1. The molecule has 0 amide bonds. The molecule has 4 nitrogen and oxygen atoms in total. The molecule has 2 aromatic rings. The van der Waals surface area contributed by atoms with Gasteiger partial charge >= 0.3 is 0 Å². The smallest absolute Gasteiger partial charge is 0.125 e. The molecule has 0 aliphatic heterocycles. The van der Waals surface area contributed by atoms with Gasteiger partial charge in [-0.3, -0.25) is 5.10 Å². The van der Waals surface area contributed by atoms with Crippen LogP contribution in [0.25, 0.3) is 0 Å². The summed E-state index contributed by atoms with van der Waals surface area (Å²) in [6, 6.07) is 4.21. The highest BCUT2D eigenvalue weighted by Gasteiger charge is 2.13. The Balaban J connectivity index is 1.78. The Morgan fingerprint density at radius 2 is 2.00 bits per heavy atom. The summed E-state index contributed by atoms with van der Waals surface area (Å²) >= 11 is 0. The van der Waals surface area contributed by atoms with E-state index in [9.17, 15) is 0 Å². The molecule has 4 heteroatoms. The molecule has 20 heavy (non-hydrogen) atoms. The fraction of sp³-hybridized carbons (Fsp3) is 0.500. The Kier molecular flexibility index (Phi) is 4.42. The molecular formula is C16H24N4. The molecule has 0 saturated carbocycles. The van der Waals surface area contributed by atoms with Gasteiger partial charge in [-0.15, -0.1) is 0 Å². The van der Waals surface area contributed by atoms with Gasteiger partial charge in [0.25, 0.3) is 0 Å². The highest BCUT2D eigenvalue weighted by Crippen LogP contribution is 2.21. The molecule has 2 heterocycles. The molecule has 0 radical (unpaired) electrons. The molecule has 0 aromatic carbocycles. The van der Waals surface area contributed by atoms with Gasteiger partial charge in [0, 0.05) is 18.4 Å². The third-order valence-corrected chi connectivity index (χ3v) is 3.49. The summed E-state index contributed by atoms with van der Waals surface area (Å²) in [4.78, 5) is 4.47. The van der Waals surface area contributed by atoms with Crippen LogP contribution in [0.15, 0.2) is 24.5 Å². The molecule has 0 spiro atoms. The zero-order chi connectivity index (χ0) is 14.6. The van der Waals surface area contributed by atoms with E-state index in [0.717, 1.165) is 30.9 Å². The second-order valence-electron chi connectivity index (χ2n) is 6.23. The number of pyridine rings is 1. The van der Waals surface area contributed by atoms with Crippen LogP contribution in [0, 0.1) is 6.92 Å². The predicted octanol–water partition coefficient (Wildman–Crippen LogP) is 3.46. The van der Waals surface area contributed by atoms with Crippen molar-refractivity contribution in [3.63, 3.8) is 0 Å². The van der Waals surface area contributed by atoms with Crippen LogP contribution in [0.3, 0.4) is 0 Å². The van der Waals surface area contributed by atoms with Crippen LogP contribution in [-0.4, -0.2) is 21.7 Å². The largest absolute Gasteiger partial charge is 0.370 e. The number of nitrogens with zero attached hydrogens (tertiary/aromatic N) is 2. The molecule has 2 rings (SSSR count). The molecule has 0 unspecified atom stereocenters. The number of hydrogen-bond acceptors (Lipinski definition) is 3. The predicted molar refractivity (Wildman–Crippen MR) is 83.1 cm³/mol. The Hall–Kier alpha value is -1.84. The van der Waals surface area contributed by atoms with Crippen molar-refractivity contribution in [2.24, 2.45) is 0 Å². The van der Waals surface area contributed by atoms with Crippen LogP contribution in [0.4, 0.5) is 5.82 Å². The summed E-state index contributed by atoms with van der Waals surface area (Å²) in [5.74, 6) is 0.946. The lowest BCUT2D eigenvalue weighted by atomic mass is 9.88. The van der Waals surface area contributed by atoms with E-state index < -0.39 is 0 Å². The first-order chi connectivity index (χ1) is 9.47. The van der Waals surface area contributed by atoms with E-state index in [1.807, 2.05) is 12.4 Å². The van der Waals surface area contributed by atoms with Gasteiger partial charge in [-0.2, -0.15) is 5.10 Å². The fourth-order valence-corrected chi connectivity index (χ4v) is 2.07. The van der Waals surface area contributed by atoms with E-state index >= 15 is 0 Å². The van der Waals surface area contributed by atoms with Gasteiger partial charge in [0.15, 0.2) is 0 Å². The fourth-order valence-electron chi connectivity index (χ4n) is 2.07. The van der Waals surface area contributed by atoms with Gasteiger partial charge < -0.3 is 5.32 Å². The highest BCUT2D eigenvalue weighted by molar-refractivity contribution is 5.37. The van der Waals surface area contributed by atoms with Crippen LogP contribution >= 0.6 is 0 Å². The summed E-state index contributed by atoms with van der Waals surface area (Å²) in [6.45, 7) is 9.58. The van der Waals surface area contributed by atoms with Gasteiger partial charge in [-0.25, -0.2) is 4.98 Å². The summed E-state index contributed by atoms with van der Waals surface area (Å²) < 4.78 is 0. The zero-order valence-corrected chi connectivity index (χ0v) is 12.8. The molecule has 2 N–H and O–H groups in total. The van der Waals surface area contributed by atoms with Gasteiger partial charge in [0.1, 0.15) is 5.82 Å². The Morgan fingerprint density at radius 1 is 1.20 bits per heavy atom.